The van der Waals surface area contributed by atoms with Gasteiger partial charge in [0.05, 0.1) is 17.9 Å². The first-order valence-electron chi connectivity index (χ1n) is 6.24. The number of piperidine rings is 1. The van der Waals surface area contributed by atoms with Crippen LogP contribution in [0.4, 0.5) is 4.39 Å². The summed E-state index contributed by atoms with van der Waals surface area (Å²) in [6.07, 6.45) is 5.46. The molecule has 1 aromatic heterocycles. The van der Waals surface area contributed by atoms with Crippen LogP contribution in [-0.4, -0.2) is 21.5 Å². The normalized spacial score (nSPS) is 19.9. The van der Waals surface area contributed by atoms with Gasteiger partial charge in [0.1, 0.15) is 11.5 Å². The van der Waals surface area contributed by atoms with Gasteiger partial charge in [0.25, 0.3) is 0 Å². The van der Waals surface area contributed by atoms with Crippen LogP contribution in [0.5, 0.6) is 0 Å². The molecule has 0 amide bonds. The highest BCUT2D eigenvalue weighted by Gasteiger charge is 2.17. The van der Waals surface area contributed by atoms with Gasteiger partial charge in [-0.25, -0.2) is 9.07 Å². The fourth-order valence-corrected chi connectivity index (χ4v) is 2.26. The van der Waals surface area contributed by atoms with Crippen molar-refractivity contribution in [1.82, 2.24) is 20.3 Å². The zero-order valence-corrected chi connectivity index (χ0v) is 10.0. The SMILES string of the molecule is Fc1ccc(-n2cc(C3CCCCN3)nn2)cc1. The molecular formula is C13H15FN4. The molecular weight excluding hydrogens is 231 g/mol. The lowest BCUT2D eigenvalue weighted by molar-refractivity contribution is 0.405. The molecule has 18 heavy (non-hydrogen) atoms. The molecule has 1 N–H and O–H groups in total. The van der Waals surface area contributed by atoms with Gasteiger partial charge in [-0.05, 0) is 43.7 Å². The first-order valence-corrected chi connectivity index (χ1v) is 6.24. The Kier molecular flexibility index (Phi) is 3.06. The lowest BCUT2D eigenvalue weighted by atomic mass is 10.0. The predicted molar refractivity (Wildman–Crippen MR) is 65.9 cm³/mol. The van der Waals surface area contributed by atoms with Gasteiger partial charge in [0.2, 0.25) is 0 Å². The fraction of sp³-hybridized carbons (Fsp3) is 0.385. The van der Waals surface area contributed by atoms with E-state index < -0.39 is 0 Å². The van der Waals surface area contributed by atoms with E-state index in [1.165, 1.54) is 25.0 Å². The summed E-state index contributed by atoms with van der Waals surface area (Å²) in [5.41, 5.74) is 1.78. The predicted octanol–water partition coefficient (Wildman–Crippen LogP) is 2.22. The van der Waals surface area contributed by atoms with Crippen molar-refractivity contribution >= 4 is 0 Å². The summed E-state index contributed by atoms with van der Waals surface area (Å²) in [7, 11) is 0. The van der Waals surface area contributed by atoms with Crippen LogP contribution in [0.2, 0.25) is 0 Å². The summed E-state index contributed by atoms with van der Waals surface area (Å²) in [6, 6.07) is 6.54. The number of aromatic nitrogens is 3. The third-order valence-electron chi connectivity index (χ3n) is 3.27. The maximum absolute atomic E-state index is 12.8. The van der Waals surface area contributed by atoms with Crippen LogP contribution in [0.3, 0.4) is 0 Å². The molecule has 3 rings (SSSR count). The molecule has 1 aromatic carbocycles. The van der Waals surface area contributed by atoms with Gasteiger partial charge in [-0.2, -0.15) is 0 Å². The second-order valence-corrected chi connectivity index (χ2v) is 4.57. The quantitative estimate of drug-likeness (QED) is 0.883. The molecule has 1 saturated heterocycles. The highest BCUT2D eigenvalue weighted by atomic mass is 19.1. The average molecular weight is 246 g/mol. The molecule has 1 aliphatic rings. The summed E-state index contributed by atoms with van der Waals surface area (Å²) >= 11 is 0. The van der Waals surface area contributed by atoms with E-state index in [4.69, 9.17) is 0 Å². The van der Waals surface area contributed by atoms with E-state index in [1.807, 2.05) is 6.20 Å². The van der Waals surface area contributed by atoms with Gasteiger partial charge in [-0.15, -0.1) is 5.10 Å². The smallest absolute Gasteiger partial charge is 0.123 e. The van der Waals surface area contributed by atoms with Crippen molar-refractivity contribution in [3.05, 3.63) is 42.0 Å². The molecule has 0 saturated carbocycles. The molecule has 0 spiro atoms. The highest BCUT2D eigenvalue weighted by Crippen LogP contribution is 2.21. The molecule has 4 nitrogen and oxygen atoms in total. The van der Waals surface area contributed by atoms with Crippen LogP contribution in [0.1, 0.15) is 31.0 Å². The highest BCUT2D eigenvalue weighted by molar-refractivity contribution is 5.30. The maximum Gasteiger partial charge on any atom is 0.123 e. The fourth-order valence-electron chi connectivity index (χ4n) is 2.26. The minimum absolute atomic E-state index is 0.243. The number of halogens is 1. The third kappa shape index (κ3) is 2.26. The molecule has 1 atom stereocenters. The van der Waals surface area contributed by atoms with Crippen molar-refractivity contribution in [1.29, 1.82) is 0 Å². The Bertz CT molecular complexity index is 514. The number of hydrogen-bond donors (Lipinski definition) is 1. The molecule has 1 fully saturated rings. The largest absolute Gasteiger partial charge is 0.309 e. The van der Waals surface area contributed by atoms with Crippen molar-refractivity contribution < 1.29 is 4.39 Å². The van der Waals surface area contributed by atoms with Crippen LogP contribution < -0.4 is 5.32 Å². The summed E-state index contributed by atoms with van der Waals surface area (Å²) in [5, 5.41) is 11.7. The summed E-state index contributed by atoms with van der Waals surface area (Å²) in [6.45, 7) is 1.04. The second kappa shape index (κ2) is 4.86. The Morgan fingerprint density at radius 1 is 1.22 bits per heavy atom. The molecule has 0 aliphatic carbocycles. The van der Waals surface area contributed by atoms with Crippen LogP contribution in [0, 0.1) is 5.82 Å². The standard InChI is InChI=1S/C13H15FN4/c14-10-4-6-11(7-5-10)18-9-13(16-17-18)12-3-1-2-8-15-12/h4-7,9,12,15H,1-3,8H2. The Labute approximate surface area is 105 Å². The molecule has 1 aliphatic heterocycles. The minimum Gasteiger partial charge on any atom is -0.309 e. The Morgan fingerprint density at radius 3 is 2.78 bits per heavy atom. The van der Waals surface area contributed by atoms with E-state index in [2.05, 4.69) is 15.6 Å². The Hall–Kier alpha value is -1.75. The zero-order chi connectivity index (χ0) is 12.4. The summed E-state index contributed by atoms with van der Waals surface area (Å²) in [5.74, 6) is -0.243. The lowest BCUT2D eigenvalue weighted by Crippen LogP contribution is -2.27. The molecule has 2 heterocycles. The van der Waals surface area contributed by atoms with Crippen molar-refractivity contribution in [2.75, 3.05) is 6.54 Å². The summed E-state index contributed by atoms with van der Waals surface area (Å²) in [4.78, 5) is 0. The molecule has 0 bridgehead atoms. The van der Waals surface area contributed by atoms with E-state index in [0.29, 0.717) is 6.04 Å². The number of benzene rings is 1. The van der Waals surface area contributed by atoms with Gasteiger partial charge in [0.15, 0.2) is 0 Å². The number of nitrogens with zero attached hydrogens (tertiary/aromatic N) is 3. The molecule has 94 valence electrons. The molecule has 1 unspecified atom stereocenters. The van der Waals surface area contributed by atoms with Crippen molar-refractivity contribution in [2.24, 2.45) is 0 Å². The summed E-state index contributed by atoms with van der Waals surface area (Å²) < 4.78 is 14.5. The molecule has 5 heteroatoms. The van der Waals surface area contributed by atoms with Gasteiger partial charge < -0.3 is 5.32 Å². The monoisotopic (exact) mass is 246 g/mol. The Balaban J connectivity index is 1.82. The van der Waals surface area contributed by atoms with E-state index >= 15 is 0 Å². The van der Waals surface area contributed by atoms with Gasteiger partial charge in [0, 0.05) is 0 Å². The zero-order valence-electron chi connectivity index (χ0n) is 10.0. The van der Waals surface area contributed by atoms with Crippen molar-refractivity contribution in [3.63, 3.8) is 0 Å². The first kappa shape index (κ1) is 11.3. The minimum atomic E-state index is -0.243. The van der Waals surface area contributed by atoms with Crippen LogP contribution in [-0.2, 0) is 0 Å². The van der Waals surface area contributed by atoms with Crippen LogP contribution >= 0.6 is 0 Å². The maximum atomic E-state index is 12.8. The number of hydrogen-bond acceptors (Lipinski definition) is 3. The second-order valence-electron chi connectivity index (χ2n) is 4.57. The van der Waals surface area contributed by atoms with Gasteiger partial charge >= 0.3 is 0 Å². The number of rotatable bonds is 2. The van der Waals surface area contributed by atoms with Crippen LogP contribution in [0.25, 0.3) is 5.69 Å². The van der Waals surface area contributed by atoms with Gasteiger partial charge in [-0.3, -0.25) is 0 Å². The lowest BCUT2D eigenvalue weighted by Gasteiger charge is -2.20. The van der Waals surface area contributed by atoms with E-state index in [1.54, 1.807) is 16.8 Å². The Morgan fingerprint density at radius 2 is 2.06 bits per heavy atom. The molecule has 0 radical (unpaired) electrons. The third-order valence-corrected chi connectivity index (χ3v) is 3.27. The van der Waals surface area contributed by atoms with Crippen molar-refractivity contribution in [3.8, 4) is 5.69 Å². The average Bonchev–Trinajstić information content (AvgIpc) is 2.90. The van der Waals surface area contributed by atoms with Gasteiger partial charge in [-0.1, -0.05) is 11.6 Å². The first-order chi connectivity index (χ1) is 8.83. The van der Waals surface area contributed by atoms with E-state index in [0.717, 1.165) is 24.3 Å². The molecule has 2 aromatic rings. The number of nitrogens with one attached hydrogen (secondary N) is 1. The topological polar surface area (TPSA) is 42.7 Å². The van der Waals surface area contributed by atoms with Crippen LogP contribution in [0.15, 0.2) is 30.5 Å². The van der Waals surface area contributed by atoms with E-state index in [-0.39, 0.29) is 5.82 Å². The van der Waals surface area contributed by atoms with E-state index in [9.17, 15) is 4.39 Å². The van der Waals surface area contributed by atoms with Crippen molar-refractivity contribution in [2.45, 2.75) is 25.3 Å².